The average Bonchev–Trinajstić information content (AvgIpc) is 2.84. The first-order valence-corrected chi connectivity index (χ1v) is 6.53. The summed E-state index contributed by atoms with van der Waals surface area (Å²) in [5, 5.41) is 18.2. The fraction of sp³-hybridized carbons (Fsp3) is 0. The molecule has 0 spiro atoms. The Morgan fingerprint density at radius 1 is 0.818 bits per heavy atom. The number of fused-ring (bicyclic) bond motifs is 4. The smallest absolute Gasteiger partial charge is 0.214 e. The van der Waals surface area contributed by atoms with Gasteiger partial charge in [0.2, 0.25) is 5.78 Å². The molecule has 3 aromatic rings. The van der Waals surface area contributed by atoms with Crippen LogP contribution in [-0.2, 0) is 0 Å². The largest absolute Gasteiger partial charge is 0.287 e. The summed E-state index contributed by atoms with van der Waals surface area (Å²) >= 11 is 0. The van der Waals surface area contributed by atoms with Crippen LogP contribution < -0.4 is 0 Å². The first-order valence-electron chi connectivity index (χ1n) is 6.53. The molecule has 1 aromatic heterocycles. The summed E-state index contributed by atoms with van der Waals surface area (Å²) in [5.74, 6) is -0.164. The normalized spacial score (nSPS) is 11.6. The lowest BCUT2D eigenvalue weighted by Gasteiger charge is -2.03. The molecule has 5 nitrogen and oxygen atoms in total. The van der Waals surface area contributed by atoms with Crippen LogP contribution in [0.5, 0.6) is 0 Å². The summed E-state index contributed by atoms with van der Waals surface area (Å²) in [5.41, 5.74) is 3.57. The van der Waals surface area contributed by atoms with E-state index in [2.05, 4.69) is 9.97 Å². The molecule has 0 amide bonds. The molecule has 0 saturated heterocycles. The molecule has 0 bridgehead atoms. The highest BCUT2D eigenvalue weighted by Gasteiger charge is 2.29. The minimum absolute atomic E-state index is 0.164. The highest BCUT2D eigenvalue weighted by Crippen LogP contribution is 2.35. The second kappa shape index (κ2) is 4.21. The van der Waals surface area contributed by atoms with Crippen molar-refractivity contribution in [2.75, 3.05) is 0 Å². The second-order valence-corrected chi connectivity index (χ2v) is 4.91. The van der Waals surface area contributed by atoms with Crippen LogP contribution in [0.1, 0.15) is 27.2 Å². The number of carbonyl (C=O) groups excluding carboxylic acids is 1. The molecule has 0 N–H and O–H groups in total. The van der Waals surface area contributed by atoms with Crippen LogP contribution in [-0.4, -0.2) is 15.8 Å². The van der Waals surface area contributed by atoms with Gasteiger partial charge in [0.05, 0.1) is 22.2 Å². The first kappa shape index (κ1) is 12.2. The third kappa shape index (κ3) is 1.48. The first-order chi connectivity index (χ1) is 10.7. The van der Waals surface area contributed by atoms with Crippen molar-refractivity contribution in [2.45, 2.75) is 0 Å². The molecule has 5 heteroatoms. The molecule has 2 aromatic carbocycles. The van der Waals surface area contributed by atoms with E-state index in [4.69, 9.17) is 10.5 Å². The standard InChI is InChI=1S/C17H6N4O/c18-7-9-5-13-14(6-10(9)8-19)21-16-15(20-13)11-3-1-2-4-12(11)17(16)22/h1-6H. The predicted octanol–water partition coefficient (Wildman–Crippen LogP) is 2.58. The van der Waals surface area contributed by atoms with E-state index in [9.17, 15) is 4.79 Å². The number of hydrogen-bond acceptors (Lipinski definition) is 5. The van der Waals surface area contributed by atoms with Crippen molar-refractivity contribution in [1.82, 2.24) is 9.97 Å². The quantitative estimate of drug-likeness (QED) is 0.494. The Morgan fingerprint density at radius 2 is 1.36 bits per heavy atom. The number of carbonyl (C=O) groups is 1. The van der Waals surface area contributed by atoms with E-state index in [0.717, 1.165) is 5.56 Å². The summed E-state index contributed by atoms with van der Waals surface area (Å²) in [7, 11) is 0. The molecule has 0 saturated carbocycles. The van der Waals surface area contributed by atoms with Gasteiger partial charge < -0.3 is 0 Å². The number of nitriles is 2. The number of hydrogen-bond donors (Lipinski definition) is 0. The molecule has 4 rings (SSSR count). The zero-order valence-electron chi connectivity index (χ0n) is 11.2. The van der Waals surface area contributed by atoms with Gasteiger partial charge in [-0.2, -0.15) is 10.5 Å². The molecule has 0 atom stereocenters. The minimum Gasteiger partial charge on any atom is -0.287 e. The van der Waals surface area contributed by atoms with E-state index in [1.165, 1.54) is 12.1 Å². The van der Waals surface area contributed by atoms with Crippen molar-refractivity contribution in [3.8, 4) is 23.4 Å². The van der Waals surface area contributed by atoms with Crippen molar-refractivity contribution >= 4 is 16.8 Å². The van der Waals surface area contributed by atoms with Gasteiger partial charge in [-0.3, -0.25) is 4.79 Å². The predicted molar refractivity (Wildman–Crippen MR) is 77.8 cm³/mol. The number of nitrogens with zero attached hydrogens (tertiary/aromatic N) is 4. The lowest BCUT2D eigenvalue weighted by atomic mass is 10.1. The summed E-state index contributed by atoms with van der Waals surface area (Å²) in [4.78, 5) is 21.2. The van der Waals surface area contributed by atoms with Crippen molar-refractivity contribution in [1.29, 1.82) is 10.5 Å². The van der Waals surface area contributed by atoms with Crippen LogP contribution in [0.15, 0.2) is 36.4 Å². The molecule has 0 fully saturated rings. The average molecular weight is 282 g/mol. The number of ketones is 1. The molecule has 1 aliphatic rings. The van der Waals surface area contributed by atoms with Gasteiger partial charge >= 0.3 is 0 Å². The van der Waals surface area contributed by atoms with Gasteiger partial charge in [-0.1, -0.05) is 24.3 Å². The summed E-state index contributed by atoms with van der Waals surface area (Å²) in [6.07, 6.45) is 0. The third-order valence-electron chi connectivity index (χ3n) is 3.69. The summed E-state index contributed by atoms with van der Waals surface area (Å²) < 4.78 is 0. The van der Waals surface area contributed by atoms with E-state index in [1.807, 2.05) is 24.3 Å². The summed E-state index contributed by atoms with van der Waals surface area (Å²) in [6, 6.07) is 14.2. The molecule has 0 unspecified atom stereocenters. The Kier molecular flexibility index (Phi) is 2.33. The van der Waals surface area contributed by atoms with Gasteiger partial charge in [0.1, 0.15) is 23.5 Å². The van der Waals surface area contributed by atoms with E-state index < -0.39 is 0 Å². The highest BCUT2D eigenvalue weighted by molar-refractivity contribution is 6.20. The number of aromatic nitrogens is 2. The van der Waals surface area contributed by atoms with Gasteiger partial charge in [0.25, 0.3) is 0 Å². The Balaban J connectivity index is 2.09. The van der Waals surface area contributed by atoms with Crippen LogP contribution in [0.25, 0.3) is 22.3 Å². The van der Waals surface area contributed by atoms with E-state index in [-0.39, 0.29) is 16.9 Å². The fourth-order valence-corrected chi connectivity index (χ4v) is 2.65. The fourth-order valence-electron chi connectivity index (χ4n) is 2.65. The Hall–Kier alpha value is -3.57. The molecule has 0 radical (unpaired) electrons. The zero-order valence-corrected chi connectivity index (χ0v) is 11.2. The highest BCUT2D eigenvalue weighted by atomic mass is 16.1. The van der Waals surface area contributed by atoms with Crippen LogP contribution in [0.3, 0.4) is 0 Å². The lowest BCUT2D eigenvalue weighted by molar-refractivity contribution is 0.103. The number of benzene rings is 2. The monoisotopic (exact) mass is 282 g/mol. The van der Waals surface area contributed by atoms with E-state index in [0.29, 0.717) is 28.0 Å². The van der Waals surface area contributed by atoms with E-state index in [1.54, 1.807) is 12.1 Å². The Labute approximate surface area is 125 Å². The van der Waals surface area contributed by atoms with Gasteiger partial charge in [-0.15, -0.1) is 0 Å². The number of rotatable bonds is 0. The maximum absolute atomic E-state index is 12.4. The molecule has 22 heavy (non-hydrogen) atoms. The van der Waals surface area contributed by atoms with E-state index >= 15 is 0 Å². The van der Waals surface area contributed by atoms with Crippen molar-refractivity contribution < 1.29 is 4.79 Å². The molecule has 1 heterocycles. The molecular formula is C17H6N4O. The Morgan fingerprint density at radius 3 is 1.95 bits per heavy atom. The molecule has 100 valence electrons. The topological polar surface area (TPSA) is 90.4 Å². The Bertz CT molecular complexity index is 1070. The minimum atomic E-state index is -0.164. The molecule has 1 aliphatic carbocycles. The molecular weight excluding hydrogens is 276 g/mol. The van der Waals surface area contributed by atoms with Crippen LogP contribution in [0.2, 0.25) is 0 Å². The van der Waals surface area contributed by atoms with Gasteiger partial charge in [-0.05, 0) is 12.1 Å². The lowest BCUT2D eigenvalue weighted by Crippen LogP contribution is -2.00. The zero-order chi connectivity index (χ0) is 15.3. The second-order valence-electron chi connectivity index (χ2n) is 4.91. The third-order valence-corrected chi connectivity index (χ3v) is 3.69. The summed E-state index contributed by atoms with van der Waals surface area (Å²) in [6.45, 7) is 0. The van der Waals surface area contributed by atoms with Gasteiger partial charge in [-0.25, -0.2) is 9.97 Å². The van der Waals surface area contributed by atoms with Crippen molar-refractivity contribution in [3.05, 3.63) is 58.8 Å². The SMILES string of the molecule is N#Cc1cc2nc3c(nc2cc1C#N)-c1ccccc1C3=O. The van der Waals surface area contributed by atoms with Crippen LogP contribution in [0.4, 0.5) is 0 Å². The van der Waals surface area contributed by atoms with Crippen LogP contribution in [0, 0.1) is 22.7 Å². The molecule has 0 aliphatic heterocycles. The van der Waals surface area contributed by atoms with Gasteiger partial charge in [0, 0.05) is 11.1 Å². The maximum atomic E-state index is 12.4. The van der Waals surface area contributed by atoms with Crippen molar-refractivity contribution in [3.63, 3.8) is 0 Å². The van der Waals surface area contributed by atoms with Crippen molar-refractivity contribution in [2.24, 2.45) is 0 Å². The maximum Gasteiger partial charge on any atom is 0.214 e. The van der Waals surface area contributed by atoms with Crippen LogP contribution >= 0.6 is 0 Å². The van der Waals surface area contributed by atoms with Gasteiger partial charge in [0.15, 0.2) is 0 Å².